The molecule has 0 atom stereocenters. The summed E-state index contributed by atoms with van der Waals surface area (Å²) < 4.78 is 9.69. The molecule has 60 valence electrons. The zero-order valence-electron chi connectivity index (χ0n) is 5.76. The van der Waals surface area contributed by atoms with Crippen LogP contribution in [0.1, 0.15) is 10.6 Å². The van der Waals surface area contributed by atoms with E-state index in [1.165, 1.54) is 13.2 Å². The number of hydrogen-bond donors (Lipinski definition) is 1. The van der Waals surface area contributed by atoms with Crippen molar-refractivity contribution in [3.8, 4) is 0 Å². The summed E-state index contributed by atoms with van der Waals surface area (Å²) in [7, 11) is 1.26. The lowest BCUT2D eigenvalue weighted by Gasteiger charge is -1.93. The fraction of sp³-hybridized carbons (Fsp3) is 0.167. The van der Waals surface area contributed by atoms with E-state index in [4.69, 9.17) is 10.2 Å². The van der Waals surface area contributed by atoms with Gasteiger partial charge < -0.3 is 14.9 Å². The van der Waals surface area contributed by atoms with E-state index in [0.29, 0.717) is 4.67 Å². The van der Waals surface area contributed by atoms with Crippen LogP contribution in [-0.2, 0) is 4.74 Å². The third-order valence-corrected chi connectivity index (χ3v) is 1.49. The number of hydrogen-bond acceptors (Lipinski definition) is 4. The van der Waals surface area contributed by atoms with Crippen LogP contribution < -0.4 is 5.73 Å². The molecule has 0 bridgehead atoms. The number of rotatable bonds is 1. The first-order valence-corrected chi connectivity index (χ1v) is 3.57. The molecule has 0 amide bonds. The molecule has 1 heterocycles. The Morgan fingerprint density at radius 3 is 2.82 bits per heavy atom. The summed E-state index contributed by atoms with van der Waals surface area (Å²) in [5.74, 6) is -0.549. The summed E-state index contributed by atoms with van der Waals surface area (Å²) in [5.41, 5.74) is 5.66. The minimum absolute atomic E-state index is 0.0272. The van der Waals surface area contributed by atoms with Crippen LogP contribution in [0.5, 0.6) is 0 Å². The smallest absolute Gasteiger partial charge is 0.376 e. The van der Waals surface area contributed by atoms with Crippen LogP contribution in [0.4, 0.5) is 5.69 Å². The molecule has 1 aromatic heterocycles. The molecule has 1 aromatic rings. The summed E-state index contributed by atoms with van der Waals surface area (Å²) in [6.45, 7) is 0. The van der Waals surface area contributed by atoms with Gasteiger partial charge in [0.15, 0.2) is 4.67 Å². The van der Waals surface area contributed by atoms with Gasteiger partial charge in [0.05, 0.1) is 12.8 Å². The molecule has 0 fully saturated rings. The van der Waals surface area contributed by atoms with Gasteiger partial charge in [0.25, 0.3) is 0 Å². The first kappa shape index (κ1) is 8.13. The predicted molar refractivity (Wildman–Crippen MR) is 42.2 cm³/mol. The Bertz CT molecular complexity index is 281. The second-order valence-corrected chi connectivity index (χ2v) is 2.61. The van der Waals surface area contributed by atoms with Crippen molar-refractivity contribution >= 4 is 27.6 Å². The van der Waals surface area contributed by atoms with Gasteiger partial charge in [0, 0.05) is 6.07 Å². The lowest BCUT2D eigenvalue weighted by molar-refractivity contribution is 0.0565. The highest BCUT2D eigenvalue weighted by Crippen LogP contribution is 2.22. The van der Waals surface area contributed by atoms with Crippen molar-refractivity contribution in [3.05, 3.63) is 16.5 Å². The third kappa shape index (κ3) is 1.54. The lowest BCUT2D eigenvalue weighted by atomic mass is 10.4. The Hall–Kier alpha value is -0.970. The van der Waals surface area contributed by atoms with Crippen molar-refractivity contribution in [1.82, 2.24) is 0 Å². The van der Waals surface area contributed by atoms with Gasteiger partial charge in [0.2, 0.25) is 5.76 Å². The molecule has 0 unspecified atom stereocenters. The number of nitrogens with two attached hydrogens (primary N) is 1. The highest BCUT2D eigenvalue weighted by atomic mass is 79.9. The first-order valence-electron chi connectivity index (χ1n) is 2.78. The van der Waals surface area contributed by atoms with Crippen LogP contribution in [0.25, 0.3) is 0 Å². The second kappa shape index (κ2) is 2.96. The quantitative estimate of drug-likeness (QED) is 0.726. The van der Waals surface area contributed by atoms with E-state index in [-0.39, 0.29) is 11.4 Å². The van der Waals surface area contributed by atoms with Gasteiger partial charge in [-0.15, -0.1) is 0 Å². The van der Waals surface area contributed by atoms with Crippen molar-refractivity contribution in [2.75, 3.05) is 12.8 Å². The molecule has 1 rings (SSSR count). The standard InChI is InChI=1S/C6H6BrNO3/c1-10-6(9)5-3(8)2-4(7)11-5/h2H,8H2,1H3. The van der Waals surface area contributed by atoms with E-state index in [0.717, 1.165) is 0 Å². The van der Waals surface area contributed by atoms with Gasteiger partial charge in [-0.05, 0) is 15.9 Å². The largest absolute Gasteiger partial charge is 0.463 e. The highest BCUT2D eigenvalue weighted by Gasteiger charge is 2.15. The molecule has 0 aliphatic rings. The molecule has 0 saturated carbocycles. The Kier molecular flexibility index (Phi) is 2.19. The number of carbonyl (C=O) groups is 1. The van der Waals surface area contributed by atoms with Gasteiger partial charge in [-0.3, -0.25) is 0 Å². The van der Waals surface area contributed by atoms with Gasteiger partial charge in [0.1, 0.15) is 0 Å². The first-order chi connectivity index (χ1) is 5.15. The lowest BCUT2D eigenvalue weighted by Crippen LogP contribution is -2.02. The topological polar surface area (TPSA) is 65.5 Å². The average Bonchev–Trinajstić information content (AvgIpc) is 2.28. The number of ether oxygens (including phenoxy) is 1. The van der Waals surface area contributed by atoms with Crippen molar-refractivity contribution < 1.29 is 13.9 Å². The van der Waals surface area contributed by atoms with Crippen molar-refractivity contribution in [3.63, 3.8) is 0 Å². The van der Waals surface area contributed by atoms with E-state index >= 15 is 0 Å². The zero-order valence-corrected chi connectivity index (χ0v) is 7.34. The van der Waals surface area contributed by atoms with Gasteiger partial charge in [-0.25, -0.2) is 4.79 Å². The molecule has 0 aliphatic carbocycles. The van der Waals surface area contributed by atoms with E-state index in [1.54, 1.807) is 0 Å². The Morgan fingerprint density at radius 2 is 2.45 bits per heavy atom. The van der Waals surface area contributed by atoms with Crippen molar-refractivity contribution in [1.29, 1.82) is 0 Å². The van der Waals surface area contributed by atoms with Crippen LogP contribution in [0, 0.1) is 0 Å². The van der Waals surface area contributed by atoms with Crippen molar-refractivity contribution in [2.45, 2.75) is 0 Å². The maximum Gasteiger partial charge on any atom is 0.376 e. The summed E-state index contributed by atoms with van der Waals surface area (Å²) >= 11 is 3.03. The number of halogens is 1. The monoisotopic (exact) mass is 219 g/mol. The molecule has 0 aromatic carbocycles. The fourth-order valence-electron chi connectivity index (χ4n) is 0.626. The Balaban J connectivity index is 3.03. The van der Waals surface area contributed by atoms with Crippen LogP contribution in [0.15, 0.2) is 15.2 Å². The summed E-state index contributed by atoms with van der Waals surface area (Å²) in [6, 6.07) is 1.49. The van der Waals surface area contributed by atoms with Crippen LogP contribution >= 0.6 is 15.9 Å². The molecular weight excluding hydrogens is 214 g/mol. The summed E-state index contributed by atoms with van der Waals surface area (Å²) in [5, 5.41) is 0. The predicted octanol–water partition coefficient (Wildman–Crippen LogP) is 1.41. The zero-order chi connectivity index (χ0) is 8.43. The Morgan fingerprint density at radius 1 is 1.82 bits per heavy atom. The van der Waals surface area contributed by atoms with Gasteiger partial charge in [-0.2, -0.15) is 0 Å². The SMILES string of the molecule is COC(=O)c1oc(Br)cc1N. The maximum atomic E-state index is 10.8. The molecule has 0 saturated heterocycles. The van der Waals surface area contributed by atoms with E-state index in [1.807, 2.05) is 0 Å². The number of esters is 1. The number of nitrogen functional groups attached to an aromatic ring is 1. The van der Waals surface area contributed by atoms with Crippen LogP contribution in [-0.4, -0.2) is 13.1 Å². The average molecular weight is 220 g/mol. The maximum absolute atomic E-state index is 10.8. The molecule has 4 nitrogen and oxygen atoms in total. The molecule has 2 N–H and O–H groups in total. The number of anilines is 1. The molecule has 0 aliphatic heterocycles. The van der Waals surface area contributed by atoms with Crippen molar-refractivity contribution in [2.24, 2.45) is 0 Å². The molecule has 0 spiro atoms. The molecule has 5 heteroatoms. The third-order valence-electron chi connectivity index (χ3n) is 1.10. The molecule has 0 radical (unpaired) electrons. The van der Waals surface area contributed by atoms with Gasteiger partial charge in [-0.1, -0.05) is 0 Å². The number of carbonyl (C=O) groups excluding carboxylic acids is 1. The van der Waals surface area contributed by atoms with Gasteiger partial charge >= 0.3 is 5.97 Å². The Labute approximate surface area is 71.4 Å². The molecule has 11 heavy (non-hydrogen) atoms. The number of methoxy groups -OCH3 is 1. The summed E-state index contributed by atoms with van der Waals surface area (Å²) in [4.78, 5) is 10.8. The van der Waals surface area contributed by atoms with Crippen LogP contribution in [0.3, 0.4) is 0 Å². The van der Waals surface area contributed by atoms with Crippen LogP contribution in [0.2, 0.25) is 0 Å². The minimum Gasteiger partial charge on any atom is -0.463 e. The van der Waals surface area contributed by atoms with E-state index in [2.05, 4.69) is 20.7 Å². The minimum atomic E-state index is -0.576. The van der Waals surface area contributed by atoms with E-state index in [9.17, 15) is 4.79 Å². The fourth-order valence-corrected chi connectivity index (χ4v) is 1.03. The number of furan rings is 1. The normalized spacial score (nSPS) is 9.64. The highest BCUT2D eigenvalue weighted by molar-refractivity contribution is 9.10. The molecular formula is C6H6BrNO3. The summed E-state index contributed by atoms with van der Waals surface area (Å²) in [6.07, 6.45) is 0. The second-order valence-electron chi connectivity index (χ2n) is 1.83. The van der Waals surface area contributed by atoms with E-state index < -0.39 is 5.97 Å².